The predicted molar refractivity (Wildman–Crippen MR) is 170 cm³/mol. The number of benzene rings is 2. The van der Waals surface area contributed by atoms with E-state index in [4.69, 9.17) is 26.3 Å². The largest absolute Gasteiger partial charge is 0.383 e. The number of urea groups is 1. The zero-order chi connectivity index (χ0) is 32.2. The fourth-order valence-electron chi connectivity index (χ4n) is 5.58. The Morgan fingerprint density at radius 1 is 1.13 bits per heavy atom. The molecule has 4 heterocycles. The molecular weight excluding hydrogens is 618 g/mol. The Bertz CT molecular complexity index is 1720. The van der Waals surface area contributed by atoms with E-state index in [-0.39, 0.29) is 0 Å². The van der Waals surface area contributed by atoms with Gasteiger partial charge in [-0.3, -0.25) is 10.2 Å². The Kier molecular flexibility index (Phi) is 9.54. The number of hydroxylamine groups is 2. The molecular formula is C32H33ClF2N8O3. The van der Waals surface area contributed by atoms with Gasteiger partial charge in [0, 0.05) is 38.9 Å². The van der Waals surface area contributed by atoms with Crippen molar-refractivity contribution < 1.29 is 23.1 Å². The Morgan fingerprint density at radius 3 is 2.61 bits per heavy atom. The van der Waals surface area contributed by atoms with Crippen molar-refractivity contribution in [3.05, 3.63) is 100 Å². The number of rotatable bonds is 9. The first kappa shape index (κ1) is 31.5. The molecule has 0 unspecified atom stereocenters. The highest BCUT2D eigenvalue weighted by Crippen LogP contribution is 2.33. The quantitative estimate of drug-likeness (QED) is 0.251. The van der Waals surface area contributed by atoms with E-state index in [9.17, 15) is 13.6 Å². The number of halogens is 3. The number of nitrogens with zero attached hydrogens (tertiary/aromatic N) is 6. The molecule has 0 aliphatic carbocycles. The van der Waals surface area contributed by atoms with E-state index in [1.54, 1.807) is 29.2 Å². The molecule has 6 rings (SSSR count). The zero-order valence-corrected chi connectivity index (χ0v) is 26.0. The molecule has 46 heavy (non-hydrogen) atoms. The van der Waals surface area contributed by atoms with Gasteiger partial charge in [0.2, 0.25) is 5.95 Å². The molecule has 0 radical (unpaired) electrons. The smallest absolute Gasteiger partial charge is 0.320 e. The predicted octanol–water partition coefficient (Wildman–Crippen LogP) is 5.32. The van der Waals surface area contributed by atoms with Crippen LogP contribution in [0, 0.1) is 18.6 Å². The Labute approximate surface area is 269 Å². The first-order valence-electron chi connectivity index (χ1n) is 14.8. The molecule has 0 spiro atoms. The molecule has 2 amide bonds. The summed E-state index contributed by atoms with van der Waals surface area (Å²) in [5, 5.41) is 13.0. The van der Waals surface area contributed by atoms with Crippen LogP contribution in [0.4, 0.5) is 25.3 Å². The van der Waals surface area contributed by atoms with E-state index in [0.717, 1.165) is 34.7 Å². The Balaban J connectivity index is 1.24. The van der Waals surface area contributed by atoms with Crippen LogP contribution in [-0.2, 0) is 9.57 Å². The van der Waals surface area contributed by atoms with E-state index in [2.05, 4.69) is 31.6 Å². The number of aromatic nitrogens is 4. The SMILES string of the molecule is COCCN1C[C@@H](NC(=O)Nc2c(C)c(C3=CCN(c4ncc(Cl)cn4)CC3)nn2-c2ccccc2)[C@H](c2ccc(F)c(F)c2)O1. The summed E-state index contributed by atoms with van der Waals surface area (Å²) in [5.41, 5.74) is 3.78. The lowest BCUT2D eigenvalue weighted by molar-refractivity contribution is -0.154. The second-order valence-electron chi connectivity index (χ2n) is 11.0. The van der Waals surface area contributed by atoms with Crippen LogP contribution in [-0.4, -0.2) is 76.8 Å². The van der Waals surface area contributed by atoms with Crippen LogP contribution in [0.5, 0.6) is 0 Å². The second kappa shape index (κ2) is 13.9. The molecule has 14 heteroatoms. The maximum absolute atomic E-state index is 14.1. The molecule has 0 bridgehead atoms. The van der Waals surface area contributed by atoms with Crippen molar-refractivity contribution in [2.75, 3.05) is 50.1 Å². The van der Waals surface area contributed by atoms with Gasteiger partial charge in [-0.05, 0) is 48.7 Å². The monoisotopic (exact) mass is 650 g/mol. The van der Waals surface area contributed by atoms with Gasteiger partial charge >= 0.3 is 6.03 Å². The Morgan fingerprint density at radius 2 is 1.91 bits per heavy atom. The van der Waals surface area contributed by atoms with E-state index in [1.807, 2.05) is 37.3 Å². The zero-order valence-electron chi connectivity index (χ0n) is 25.3. The lowest BCUT2D eigenvalue weighted by Gasteiger charge is -2.26. The number of anilines is 2. The van der Waals surface area contributed by atoms with Crippen LogP contribution in [0.3, 0.4) is 0 Å². The van der Waals surface area contributed by atoms with Gasteiger partial charge in [-0.2, -0.15) is 10.2 Å². The molecule has 11 nitrogen and oxygen atoms in total. The van der Waals surface area contributed by atoms with E-state index < -0.39 is 29.8 Å². The summed E-state index contributed by atoms with van der Waals surface area (Å²) in [6, 6.07) is 12.0. The third-order valence-corrected chi connectivity index (χ3v) is 8.11. The molecule has 240 valence electrons. The van der Waals surface area contributed by atoms with E-state index >= 15 is 0 Å². The number of carbonyl (C=O) groups excluding carboxylic acids is 1. The van der Waals surface area contributed by atoms with Crippen LogP contribution in [0.1, 0.15) is 29.3 Å². The summed E-state index contributed by atoms with van der Waals surface area (Å²) in [4.78, 5) is 30.3. The van der Waals surface area contributed by atoms with Gasteiger partial charge in [-0.1, -0.05) is 41.9 Å². The van der Waals surface area contributed by atoms with Crippen LogP contribution in [0.25, 0.3) is 11.3 Å². The van der Waals surface area contributed by atoms with Crippen LogP contribution in [0.2, 0.25) is 5.02 Å². The maximum atomic E-state index is 14.1. The lowest BCUT2D eigenvalue weighted by atomic mass is 10.0. The number of amides is 2. The third-order valence-electron chi connectivity index (χ3n) is 7.92. The molecule has 4 aromatic rings. The molecule has 1 fully saturated rings. The summed E-state index contributed by atoms with van der Waals surface area (Å²) in [5.74, 6) is -0.846. The van der Waals surface area contributed by atoms with Crippen molar-refractivity contribution in [3.8, 4) is 5.69 Å². The van der Waals surface area contributed by atoms with Crippen LogP contribution in [0.15, 0.2) is 67.0 Å². The first-order valence-corrected chi connectivity index (χ1v) is 15.2. The van der Waals surface area contributed by atoms with Gasteiger partial charge in [0.05, 0.1) is 41.4 Å². The van der Waals surface area contributed by atoms with Crippen LogP contribution < -0.4 is 15.5 Å². The lowest BCUT2D eigenvalue weighted by Crippen LogP contribution is -2.42. The van der Waals surface area contributed by atoms with E-state index in [0.29, 0.717) is 61.6 Å². The summed E-state index contributed by atoms with van der Waals surface area (Å²) in [6.07, 6.45) is 5.19. The molecule has 2 aliphatic heterocycles. The first-order chi connectivity index (χ1) is 22.3. The molecule has 2 aromatic heterocycles. The van der Waals surface area contributed by atoms with Gasteiger partial charge in [0.25, 0.3) is 0 Å². The standard InChI is InChI=1S/C32H33ClF2N8O3/c1-20-28(21-10-12-41(13-11-21)31-36-17-23(33)18-37-31)40-43(24-6-4-3-5-7-24)30(20)39-32(44)38-27-19-42(14-15-45-2)46-29(27)22-8-9-25(34)26(35)16-22/h3-10,16-18,27,29H,11-15,19H2,1-2H3,(H2,38,39,44)/t27-,29+/m1/s1. The van der Waals surface area contributed by atoms with Crippen molar-refractivity contribution in [3.63, 3.8) is 0 Å². The normalized spacial score (nSPS) is 18.5. The molecule has 1 saturated heterocycles. The summed E-state index contributed by atoms with van der Waals surface area (Å²) in [7, 11) is 1.58. The minimum atomic E-state index is -0.990. The fraction of sp³-hybridized carbons (Fsp3) is 0.312. The second-order valence-corrected chi connectivity index (χ2v) is 11.4. The Hall–Kier alpha value is -4.43. The summed E-state index contributed by atoms with van der Waals surface area (Å²) in [6.45, 7) is 4.31. The van der Waals surface area contributed by atoms with Gasteiger partial charge < -0.3 is 15.0 Å². The summed E-state index contributed by atoms with van der Waals surface area (Å²) < 4.78 is 34.7. The topological polar surface area (TPSA) is 110 Å². The number of hydrogen-bond acceptors (Lipinski definition) is 8. The number of ether oxygens (including phenoxy) is 1. The molecule has 2 aromatic carbocycles. The van der Waals surface area contributed by atoms with Gasteiger partial charge in [-0.15, -0.1) is 0 Å². The average molecular weight is 651 g/mol. The average Bonchev–Trinajstić information content (AvgIpc) is 3.62. The maximum Gasteiger partial charge on any atom is 0.320 e. The number of hydrogen-bond donors (Lipinski definition) is 2. The van der Waals surface area contributed by atoms with Crippen molar-refractivity contribution >= 4 is 35.0 Å². The van der Waals surface area contributed by atoms with Crippen molar-refractivity contribution in [1.82, 2.24) is 30.1 Å². The number of para-hydroxylation sites is 1. The van der Waals surface area contributed by atoms with Gasteiger partial charge in [-0.25, -0.2) is 28.2 Å². The molecule has 0 saturated carbocycles. The van der Waals surface area contributed by atoms with Gasteiger partial charge in [0.15, 0.2) is 11.6 Å². The highest BCUT2D eigenvalue weighted by Gasteiger charge is 2.37. The van der Waals surface area contributed by atoms with Crippen LogP contribution >= 0.6 is 11.6 Å². The summed E-state index contributed by atoms with van der Waals surface area (Å²) >= 11 is 5.95. The minimum absolute atomic E-state index is 0.309. The fourth-order valence-corrected chi connectivity index (χ4v) is 5.68. The minimum Gasteiger partial charge on any atom is -0.383 e. The third kappa shape index (κ3) is 6.87. The number of carbonyl (C=O) groups is 1. The molecule has 2 N–H and O–H groups in total. The van der Waals surface area contributed by atoms with Crippen molar-refractivity contribution in [2.24, 2.45) is 0 Å². The highest BCUT2D eigenvalue weighted by molar-refractivity contribution is 6.30. The highest BCUT2D eigenvalue weighted by atomic mass is 35.5. The number of nitrogens with one attached hydrogen (secondary N) is 2. The number of methoxy groups -OCH3 is 1. The van der Waals surface area contributed by atoms with Crippen molar-refractivity contribution in [1.29, 1.82) is 0 Å². The van der Waals surface area contributed by atoms with Gasteiger partial charge in [0.1, 0.15) is 11.9 Å². The van der Waals surface area contributed by atoms with E-state index in [1.165, 1.54) is 6.07 Å². The molecule has 2 atom stereocenters. The molecule has 2 aliphatic rings. The van der Waals surface area contributed by atoms with Crippen molar-refractivity contribution in [2.45, 2.75) is 25.5 Å².